The topological polar surface area (TPSA) is 123 Å². The molecule has 0 heterocycles. The van der Waals surface area contributed by atoms with Crippen LogP contribution in [0.1, 0.15) is 40.2 Å². The second-order valence-electron chi connectivity index (χ2n) is 7.47. The molecular weight excluding hydrogens is 378 g/mol. The molecule has 0 aliphatic rings. The van der Waals surface area contributed by atoms with Gasteiger partial charge in [-0.25, -0.2) is 9.59 Å². The zero-order chi connectivity index (χ0) is 22.0. The SMILES string of the molecule is C[C@@H](NC(=O)CNC(=O)OCc1ccccc1)C(=O)N[C@H](C)C(=O)OC(C)(C)C. The summed E-state index contributed by atoms with van der Waals surface area (Å²) in [4.78, 5) is 47.5. The fourth-order valence-corrected chi connectivity index (χ4v) is 2.07. The van der Waals surface area contributed by atoms with Gasteiger partial charge in [0.2, 0.25) is 11.8 Å². The number of carbonyl (C=O) groups is 4. The molecule has 160 valence electrons. The maximum absolute atomic E-state index is 12.1. The molecule has 3 N–H and O–H groups in total. The van der Waals surface area contributed by atoms with Crippen molar-refractivity contribution in [1.29, 1.82) is 0 Å². The lowest BCUT2D eigenvalue weighted by Crippen LogP contribution is -2.51. The first kappa shape index (κ1) is 23.9. The van der Waals surface area contributed by atoms with Crippen molar-refractivity contribution in [1.82, 2.24) is 16.0 Å². The number of hydrogen-bond acceptors (Lipinski definition) is 6. The third-order valence-electron chi connectivity index (χ3n) is 3.50. The van der Waals surface area contributed by atoms with Crippen molar-refractivity contribution in [2.24, 2.45) is 0 Å². The predicted molar refractivity (Wildman–Crippen MR) is 106 cm³/mol. The van der Waals surface area contributed by atoms with Crippen molar-refractivity contribution < 1.29 is 28.7 Å². The van der Waals surface area contributed by atoms with Gasteiger partial charge in [-0.05, 0) is 40.2 Å². The average molecular weight is 407 g/mol. The number of esters is 1. The van der Waals surface area contributed by atoms with E-state index in [1.165, 1.54) is 13.8 Å². The fraction of sp³-hybridized carbons (Fsp3) is 0.500. The van der Waals surface area contributed by atoms with Gasteiger partial charge in [0.15, 0.2) is 0 Å². The van der Waals surface area contributed by atoms with E-state index >= 15 is 0 Å². The zero-order valence-corrected chi connectivity index (χ0v) is 17.4. The normalized spacial score (nSPS) is 12.9. The number of amides is 3. The van der Waals surface area contributed by atoms with Crippen molar-refractivity contribution in [3.05, 3.63) is 35.9 Å². The zero-order valence-electron chi connectivity index (χ0n) is 17.4. The Bertz CT molecular complexity index is 715. The smallest absolute Gasteiger partial charge is 0.407 e. The van der Waals surface area contributed by atoms with Gasteiger partial charge in [-0.2, -0.15) is 0 Å². The number of ether oxygens (including phenoxy) is 2. The van der Waals surface area contributed by atoms with Crippen molar-refractivity contribution in [3.8, 4) is 0 Å². The molecule has 2 atom stereocenters. The Balaban J connectivity index is 2.32. The van der Waals surface area contributed by atoms with Gasteiger partial charge in [0.25, 0.3) is 0 Å². The Hall–Kier alpha value is -3.10. The van der Waals surface area contributed by atoms with E-state index < -0.39 is 41.6 Å². The molecule has 29 heavy (non-hydrogen) atoms. The molecular formula is C20H29N3O6. The number of nitrogens with one attached hydrogen (secondary N) is 3. The van der Waals surface area contributed by atoms with E-state index in [2.05, 4.69) is 16.0 Å². The van der Waals surface area contributed by atoms with Crippen LogP contribution in [0, 0.1) is 0 Å². The Morgan fingerprint density at radius 2 is 1.59 bits per heavy atom. The molecule has 9 nitrogen and oxygen atoms in total. The summed E-state index contributed by atoms with van der Waals surface area (Å²) in [7, 11) is 0. The molecule has 0 aliphatic carbocycles. The molecule has 0 bridgehead atoms. The molecule has 1 aromatic carbocycles. The largest absolute Gasteiger partial charge is 0.458 e. The Kier molecular flexibility index (Phi) is 9.11. The molecule has 0 fully saturated rings. The lowest BCUT2D eigenvalue weighted by molar-refractivity contribution is -0.158. The summed E-state index contributed by atoms with van der Waals surface area (Å²) in [6.45, 7) is 7.84. The third kappa shape index (κ3) is 10.1. The summed E-state index contributed by atoms with van der Waals surface area (Å²) in [5.74, 6) is -1.70. The molecule has 9 heteroatoms. The summed E-state index contributed by atoms with van der Waals surface area (Å²) >= 11 is 0. The number of carbonyl (C=O) groups excluding carboxylic acids is 4. The van der Waals surface area contributed by atoms with Crippen LogP contribution in [0.25, 0.3) is 0 Å². The van der Waals surface area contributed by atoms with Crippen LogP contribution in [0.4, 0.5) is 4.79 Å². The van der Waals surface area contributed by atoms with E-state index in [1.54, 1.807) is 32.9 Å². The summed E-state index contributed by atoms with van der Waals surface area (Å²) in [6, 6.07) is 7.32. The van der Waals surface area contributed by atoms with Crippen molar-refractivity contribution in [2.75, 3.05) is 6.54 Å². The van der Waals surface area contributed by atoms with Crippen molar-refractivity contribution in [3.63, 3.8) is 0 Å². The van der Waals surface area contributed by atoms with Gasteiger partial charge >= 0.3 is 12.1 Å². The van der Waals surface area contributed by atoms with Crippen molar-refractivity contribution >= 4 is 23.9 Å². The molecule has 0 saturated heterocycles. The summed E-state index contributed by atoms with van der Waals surface area (Å²) in [5.41, 5.74) is 0.146. The first-order chi connectivity index (χ1) is 13.5. The van der Waals surface area contributed by atoms with Gasteiger partial charge < -0.3 is 25.4 Å². The van der Waals surface area contributed by atoms with Crippen LogP contribution in [0.5, 0.6) is 0 Å². The van der Waals surface area contributed by atoms with Gasteiger partial charge in [0.1, 0.15) is 30.8 Å². The minimum Gasteiger partial charge on any atom is -0.458 e. The predicted octanol–water partition coefficient (Wildman–Crippen LogP) is 1.26. The van der Waals surface area contributed by atoms with Crippen LogP contribution in [-0.2, 0) is 30.5 Å². The summed E-state index contributed by atoms with van der Waals surface area (Å²) in [6.07, 6.45) is -0.750. The van der Waals surface area contributed by atoms with Crippen LogP contribution in [0.2, 0.25) is 0 Å². The summed E-state index contributed by atoms with van der Waals surface area (Å²) in [5, 5.41) is 7.20. The lowest BCUT2D eigenvalue weighted by Gasteiger charge is -2.23. The van der Waals surface area contributed by atoms with E-state index in [1.807, 2.05) is 18.2 Å². The van der Waals surface area contributed by atoms with E-state index in [0.29, 0.717) is 0 Å². The molecule has 0 radical (unpaired) electrons. The molecule has 0 spiro atoms. The Morgan fingerprint density at radius 3 is 2.17 bits per heavy atom. The van der Waals surface area contributed by atoms with Crippen LogP contribution in [-0.4, -0.2) is 48.1 Å². The van der Waals surface area contributed by atoms with Crippen LogP contribution in [0.15, 0.2) is 30.3 Å². The molecule has 3 amide bonds. The number of hydrogen-bond donors (Lipinski definition) is 3. The highest BCUT2D eigenvalue weighted by molar-refractivity contribution is 5.91. The Morgan fingerprint density at radius 1 is 0.966 bits per heavy atom. The first-order valence-electron chi connectivity index (χ1n) is 9.25. The van der Waals surface area contributed by atoms with E-state index in [4.69, 9.17) is 9.47 Å². The monoisotopic (exact) mass is 407 g/mol. The Labute approximate surface area is 170 Å². The highest BCUT2D eigenvalue weighted by Crippen LogP contribution is 2.08. The highest BCUT2D eigenvalue weighted by Gasteiger charge is 2.25. The molecule has 0 aliphatic heterocycles. The molecule has 1 aromatic rings. The molecule has 0 unspecified atom stereocenters. The minimum atomic E-state index is -0.908. The van der Waals surface area contributed by atoms with Crippen molar-refractivity contribution in [2.45, 2.75) is 58.9 Å². The van der Waals surface area contributed by atoms with E-state index in [-0.39, 0.29) is 13.2 Å². The fourth-order valence-electron chi connectivity index (χ4n) is 2.07. The van der Waals surface area contributed by atoms with Crippen LogP contribution < -0.4 is 16.0 Å². The maximum atomic E-state index is 12.1. The quantitative estimate of drug-likeness (QED) is 0.558. The standard InChI is InChI=1S/C20H29N3O6/c1-13(17(25)23-14(2)18(26)29-20(3,4)5)22-16(24)11-21-19(27)28-12-15-9-7-6-8-10-15/h6-10,13-14H,11-12H2,1-5H3,(H,21,27)(H,22,24)(H,23,25)/t13-,14-/m1/s1. The van der Waals surface area contributed by atoms with Gasteiger partial charge in [-0.15, -0.1) is 0 Å². The second-order valence-corrected chi connectivity index (χ2v) is 7.47. The van der Waals surface area contributed by atoms with E-state index in [9.17, 15) is 19.2 Å². The van der Waals surface area contributed by atoms with Gasteiger partial charge in [0.05, 0.1) is 0 Å². The second kappa shape index (κ2) is 11.0. The van der Waals surface area contributed by atoms with Crippen LogP contribution in [0.3, 0.4) is 0 Å². The van der Waals surface area contributed by atoms with Gasteiger partial charge in [-0.3, -0.25) is 9.59 Å². The van der Waals surface area contributed by atoms with Gasteiger partial charge in [-0.1, -0.05) is 30.3 Å². The molecule has 1 rings (SSSR count). The first-order valence-corrected chi connectivity index (χ1v) is 9.25. The minimum absolute atomic E-state index is 0.0790. The summed E-state index contributed by atoms with van der Waals surface area (Å²) < 4.78 is 10.2. The van der Waals surface area contributed by atoms with E-state index in [0.717, 1.165) is 5.56 Å². The van der Waals surface area contributed by atoms with Crippen LogP contribution >= 0.6 is 0 Å². The van der Waals surface area contributed by atoms with Gasteiger partial charge in [0, 0.05) is 0 Å². The average Bonchev–Trinajstić information content (AvgIpc) is 2.64. The number of benzene rings is 1. The maximum Gasteiger partial charge on any atom is 0.407 e. The number of alkyl carbamates (subject to hydrolysis) is 1. The number of rotatable bonds is 8. The molecule has 0 aromatic heterocycles. The highest BCUT2D eigenvalue weighted by atomic mass is 16.6. The third-order valence-corrected chi connectivity index (χ3v) is 3.50. The molecule has 0 saturated carbocycles. The lowest BCUT2D eigenvalue weighted by atomic mass is 10.2.